The topological polar surface area (TPSA) is 108 Å². The van der Waals surface area contributed by atoms with E-state index in [9.17, 15) is 19.4 Å². The third kappa shape index (κ3) is 47.0. The number of phosphoric acid groups is 1. The van der Waals surface area contributed by atoms with Crippen LogP contribution in [0.3, 0.4) is 0 Å². The van der Waals surface area contributed by atoms with Gasteiger partial charge in [0.15, 0.2) is 0 Å². The molecule has 3 atom stereocenters. The first-order chi connectivity index (χ1) is 29.5. The van der Waals surface area contributed by atoms with Crippen molar-refractivity contribution in [2.75, 3.05) is 40.9 Å². The van der Waals surface area contributed by atoms with E-state index in [1.165, 1.54) is 199 Å². The fourth-order valence-corrected chi connectivity index (χ4v) is 8.76. The normalized spacial score (nSPS) is 14.1. The molecule has 0 spiro atoms. The number of unbranched alkanes of at least 4 members (excludes halogenated alkanes) is 34. The molecule has 0 rings (SSSR count). The number of nitrogens with one attached hydrogen (secondary N) is 1. The lowest BCUT2D eigenvalue weighted by Crippen LogP contribution is -2.46. The Hall–Kier alpha value is -0.760. The third-order valence-electron chi connectivity index (χ3n) is 12.3. The number of aliphatic hydroxyl groups excluding tert-OH is 1. The standard InChI is InChI=1S/C52H105N2O6P/c1-6-8-10-12-14-16-18-20-22-24-25-26-27-28-30-31-33-35-37-39-41-43-45-51(55)50(49-60-61(57,58)59-48-47-54(3,4)5)53-52(56)46-44-42-40-38-36-34-32-29-23-21-19-17-15-13-11-9-7-2/h21,23,50-51,55H,6-20,22,24-49H2,1-5H3,(H-,53,56,57,58)/b23-21-. The van der Waals surface area contributed by atoms with Crippen LogP contribution in [0.5, 0.6) is 0 Å². The predicted molar refractivity (Wildman–Crippen MR) is 261 cm³/mol. The molecule has 0 aromatic heterocycles. The van der Waals surface area contributed by atoms with Crippen molar-refractivity contribution in [3.63, 3.8) is 0 Å². The number of phosphoric ester groups is 1. The molecule has 0 aliphatic rings. The highest BCUT2D eigenvalue weighted by Gasteiger charge is 2.24. The fraction of sp³-hybridized carbons (Fsp3) is 0.942. The van der Waals surface area contributed by atoms with Crippen LogP contribution >= 0.6 is 7.82 Å². The Balaban J connectivity index is 4.21. The number of rotatable bonds is 49. The molecular formula is C52H105N2O6P. The van der Waals surface area contributed by atoms with Crippen LogP contribution in [-0.2, 0) is 18.4 Å². The summed E-state index contributed by atoms with van der Waals surface area (Å²) in [7, 11) is 1.31. The number of quaternary nitrogens is 1. The summed E-state index contributed by atoms with van der Waals surface area (Å²) in [4.78, 5) is 25.4. The van der Waals surface area contributed by atoms with Gasteiger partial charge in [0.05, 0.1) is 39.9 Å². The predicted octanol–water partition coefficient (Wildman–Crippen LogP) is 14.8. The van der Waals surface area contributed by atoms with Gasteiger partial charge in [0, 0.05) is 6.42 Å². The molecule has 0 aliphatic carbocycles. The minimum atomic E-state index is -4.57. The highest BCUT2D eigenvalue weighted by Crippen LogP contribution is 2.38. The van der Waals surface area contributed by atoms with Gasteiger partial charge in [-0.3, -0.25) is 9.36 Å². The van der Waals surface area contributed by atoms with E-state index in [1.807, 2.05) is 21.1 Å². The highest BCUT2D eigenvalue weighted by atomic mass is 31.2. The summed E-state index contributed by atoms with van der Waals surface area (Å²) in [6, 6.07) is -0.800. The van der Waals surface area contributed by atoms with E-state index in [1.54, 1.807) is 0 Å². The van der Waals surface area contributed by atoms with E-state index < -0.39 is 20.0 Å². The number of aliphatic hydroxyl groups is 1. The Bertz CT molecular complexity index is 1000. The average molecular weight is 885 g/mol. The van der Waals surface area contributed by atoms with Crippen molar-refractivity contribution in [2.45, 2.75) is 276 Å². The Morgan fingerprint density at radius 3 is 1.28 bits per heavy atom. The molecule has 0 saturated heterocycles. The van der Waals surface area contributed by atoms with E-state index in [0.717, 1.165) is 38.5 Å². The second kappa shape index (κ2) is 44.4. The van der Waals surface area contributed by atoms with Crippen molar-refractivity contribution < 1.29 is 32.9 Å². The minimum Gasteiger partial charge on any atom is -0.756 e. The van der Waals surface area contributed by atoms with Crippen LogP contribution in [0.2, 0.25) is 0 Å². The average Bonchev–Trinajstić information content (AvgIpc) is 3.21. The number of carbonyl (C=O) groups excluding carboxylic acids is 1. The SMILES string of the molecule is CCCCCCCC/C=C\CCCCCCCCCC(=O)NC(COP(=O)([O-])OCC[N+](C)(C)C)C(O)CCCCCCCCCCCCCCCCCCCCCCCC. The first-order valence-electron chi connectivity index (χ1n) is 26.5. The number of hydrogen-bond acceptors (Lipinski definition) is 6. The zero-order valence-corrected chi connectivity index (χ0v) is 42.3. The van der Waals surface area contributed by atoms with E-state index in [0.29, 0.717) is 23.9 Å². The number of hydrogen-bond donors (Lipinski definition) is 2. The van der Waals surface area contributed by atoms with Gasteiger partial charge >= 0.3 is 0 Å². The van der Waals surface area contributed by atoms with Crippen LogP contribution in [-0.4, -0.2) is 68.5 Å². The monoisotopic (exact) mass is 885 g/mol. The van der Waals surface area contributed by atoms with E-state index in [4.69, 9.17) is 9.05 Å². The molecule has 8 nitrogen and oxygen atoms in total. The molecule has 0 aliphatic heterocycles. The highest BCUT2D eigenvalue weighted by molar-refractivity contribution is 7.45. The molecular weight excluding hydrogens is 780 g/mol. The summed E-state index contributed by atoms with van der Waals surface area (Å²) >= 11 is 0. The van der Waals surface area contributed by atoms with Gasteiger partial charge in [-0.25, -0.2) is 0 Å². The van der Waals surface area contributed by atoms with E-state index >= 15 is 0 Å². The molecule has 0 aromatic rings. The number of allylic oxidation sites excluding steroid dienone is 2. The first kappa shape index (κ1) is 60.2. The number of nitrogens with zero attached hydrogens (tertiary/aromatic N) is 1. The maximum atomic E-state index is 12.9. The lowest BCUT2D eigenvalue weighted by molar-refractivity contribution is -0.870. The lowest BCUT2D eigenvalue weighted by Gasteiger charge is -2.30. The van der Waals surface area contributed by atoms with Gasteiger partial charge < -0.3 is 28.8 Å². The first-order valence-corrected chi connectivity index (χ1v) is 28.0. The zero-order chi connectivity index (χ0) is 45.0. The molecule has 0 fully saturated rings. The second-order valence-corrected chi connectivity index (χ2v) is 21.0. The molecule has 2 N–H and O–H groups in total. The molecule has 0 radical (unpaired) electrons. The van der Waals surface area contributed by atoms with Gasteiger partial charge in [0.1, 0.15) is 13.2 Å². The van der Waals surface area contributed by atoms with Crippen LogP contribution in [0.15, 0.2) is 12.2 Å². The van der Waals surface area contributed by atoms with Gasteiger partial charge in [0.25, 0.3) is 7.82 Å². The fourth-order valence-electron chi connectivity index (χ4n) is 8.04. The van der Waals surface area contributed by atoms with Crippen molar-refractivity contribution in [1.29, 1.82) is 0 Å². The maximum absolute atomic E-state index is 12.9. The third-order valence-corrected chi connectivity index (χ3v) is 13.2. The molecule has 3 unspecified atom stereocenters. The van der Waals surface area contributed by atoms with Crippen molar-refractivity contribution in [2.24, 2.45) is 0 Å². The lowest BCUT2D eigenvalue weighted by atomic mass is 10.0. The number of carbonyl (C=O) groups is 1. The van der Waals surface area contributed by atoms with Gasteiger partial charge in [-0.2, -0.15) is 0 Å². The summed E-state index contributed by atoms with van der Waals surface area (Å²) in [5.74, 6) is -0.166. The number of likely N-dealkylation sites (N-methyl/N-ethyl adjacent to an activating group) is 1. The molecule has 1 amide bonds. The van der Waals surface area contributed by atoms with Crippen LogP contribution in [0.25, 0.3) is 0 Å². The summed E-state index contributed by atoms with van der Waals surface area (Å²) in [6.07, 6.45) is 52.2. The minimum absolute atomic E-state index is 0.0136. The van der Waals surface area contributed by atoms with Gasteiger partial charge in [-0.05, 0) is 38.5 Å². The molecule has 0 heterocycles. The largest absolute Gasteiger partial charge is 0.756 e. The number of amides is 1. The van der Waals surface area contributed by atoms with Gasteiger partial charge in [0.2, 0.25) is 5.91 Å². The Labute approximate surface area is 380 Å². The van der Waals surface area contributed by atoms with Crippen molar-refractivity contribution in [3.8, 4) is 0 Å². The smallest absolute Gasteiger partial charge is 0.268 e. The molecule has 9 heteroatoms. The van der Waals surface area contributed by atoms with E-state index in [2.05, 4.69) is 31.3 Å². The summed E-state index contributed by atoms with van der Waals surface area (Å²) in [5, 5.41) is 14.0. The van der Waals surface area contributed by atoms with Gasteiger partial charge in [-0.15, -0.1) is 0 Å². The van der Waals surface area contributed by atoms with Gasteiger partial charge in [-0.1, -0.05) is 231 Å². The summed E-state index contributed by atoms with van der Waals surface area (Å²) in [6.45, 7) is 4.75. The quantitative estimate of drug-likeness (QED) is 0.0273. The second-order valence-electron chi connectivity index (χ2n) is 19.6. The summed E-state index contributed by atoms with van der Waals surface area (Å²) in [5.41, 5.74) is 0. The van der Waals surface area contributed by atoms with E-state index in [-0.39, 0.29) is 19.1 Å². The molecule has 0 bridgehead atoms. The van der Waals surface area contributed by atoms with Crippen molar-refractivity contribution in [3.05, 3.63) is 12.2 Å². The van der Waals surface area contributed by atoms with Crippen molar-refractivity contribution in [1.82, 2.24) is 5.32 Å². The summed E-state index contributed by atoms with van der Waals surface area (Å²) < 4.78 is 23.4. The van der Waals surface area contributed by atoms with Crippen LogP contribution < -0.4 is 10.2 Å². The maximum Gasteiger partial charge on any atom is 0.268 e. The molecule has 364 valence electrons. The Morgan fingerprint density at radius 1 is 0.557 bits per heavy atom. The zero-order valence-electron chi connectivity index (χ0n) is 41.4. The molecule has 61 heavy (non-hydrogen) atoms. The van der Waals surface area contributed by atoms with Crippen LogP contribution in [0.1, 0.15) is 264 Å². The Morgan fingerprint density at radius 2 is 0.902 bits per heavy atom. The van der Waals surface area contributed by atoms with Crippen molar-refractivity contribution >= 4 is 13.7 Å². The molecule has 0 aromatic carbocycles. The van der Waals surface area contributed by atoms with Crippen LogP contribution in [0, 0.1) is 0 Å². The van der Waals surface area contributed by atoms with Crippen LogP contribution in [0.4, 0.5) is 0 Å². The molecule has 0 saturated carbocycles. The Kier molecular flexibility index (Phi) is 43.9.